The van der Waals surface area contributed by atoms with E-state index in [4.69, 9.17) is 5.73 Å². The van der Waals surface area contributed by atoms with Crippen molar-refractivity contribution < 1.29 is 0 Å². The lowest BCUT2D eigenvalue weighted by Crippen LogP contribution is -1.96. The van der Waals surface area contributed by atoms with E-state index < -0.39 is 0 Å². The van der Waals surface area contributed by atoms with Crippen LogP contribution in [-0.2, 0) is 0 Å². The highest BCUT2D eigenvalue weighted by atomic mass is 14.5. The molecule has 0 radical (unpaired) electrons. The normalized spacial score (nSPS) is 14.6. The van der Waals surface area contributed by atoms with E-state index >= 15 is 0 Å². The van der Waals surface area contributed by atoms with Crippen molar-refractivity contribution in [1.29, 1.82) is 0 Å². The second-order valence-electron chi connectivity index (χ2n) is 3.04. The predicted octanol–water partition coefficient (Wildman–Crippen LogP) is 2.49. The Hall–Kier alpha value is -0.560. The first kappa shape index (κ1) is 10.4. The second kappa shape index (κ2) is 6.17. The van der Waals surface area contributed by atoms with Gasteiger partial charge in [-0.15, -0.1) is 6.58 Å². The summed E-state index contributed by atoms with van der Waals surface area (Å²) in [5.41, 5.74) is 6.76. The highest BCUT2D eigenvalue weighted by Gasteiger charge is 1.95. The molecule has 0 spiro atoms. The number of rotatable bonds is 5. The van der Waals surface area contributed by atoms with Crippen LogP contribution in [0.5, 0.6) is 0 Å². The van der Waals surface area contributed by atoms with Gasteiger partial charge in [0.25, 0.3) is 0 Å². The molecule has 0 aromatic carbocycles. The van der Waals surface area contributed by atoms with Crippen LogP contribution in [-0.4, -0.2) is 6.54 Å². The zero-order chi connectivity index (χ0) is 8.69. The Morgan fingerprint density at radius 3 is 2.73 bits per heavy atom. The van der Waals surface area contributed by atoms with Crippen LogP contribution in [0.25, 0.3) is 0 Å². The van der Waals surface area contributed by atoms with Gasteiger partial charge in [-0.3, -0.25) is 0 Å². The van der Waals surface area contributed by atoms with Crippen LogP contribution in [0.15, 0.2) is 24.3 Å². The fraction of sp³-hybridized carbons (Fsp3) is 0.600. The minimum atomic E-state index is 0.621. The molecule has 1 nitrogen and oxygen atoms in total. The molecule has 0 amide bonds. The summed E-state index contributed by atoms with van der Waals surface area (Å²) >= 11 is 0. The second-order valence-corrected chi connectivity index (χ2v) is 3.04. The molecule has 0 heterocycles. The molecule has 0 saturated carbocycles. The zero-order valence-corrected chi connectivity index (χ0v) is 7.64. The maximum absolute atomic E-state index is 5.37. The van der Waals surface area contributed by atoms with E-state index in [9.17, 15) is 0 Å². The summed E-state index contributed by atoms with van der Waals surface area (Å²) in [6.45, 7) is 8.71. The molecule has 64 valence electrons. The van der Waals surface area contributed by atoms with Crippen LogP contribution in [0.3, 0.4) is 0 Å². The molecule has 2 N–H and O–H groups in total. The Morgan fingerprint density at radius 2 is 2.27 bits per heavy atom. The molecule has 0 aliphatic rings. The fourth-order valence-electron chi connectivity index (χ4n) is 0.876. The fourth-order valence-corrected chi connectivity index (χ4v) is 0.876. The van der Waals surface area contributed by atoms with Crippen LogP contribution >= 0.6 is 0 Å². The number of hydrogen-bond donors (Lipinski definition) is 1. The van der Waals surface area contributed by atoms with Crippen LogP contribution in [0, 0.1) is 5.92 Å². The summed E-state index contributed by atoms with van der Waals surface area (Å²) in [6.07, 6.45) is 6.40. The van der Waals surface area contributed by atoms with Gasteiger partial charge in [0.2, 0.25) is 0 Å². The maximum Gasteiger partial charge on any atom is 0.0109 e. The summed E-state index contributed by atoms with van der Waals surface area (Å²) in [5, 5.41) is 0. The topological polar surface area (TPSA) is 26.0 Å². The maximum atomic E-state index is 5.37. The first-order valence-electron chi connectivity index (χ1n) is 4.19. The van der Waals surface area contributed by atoms with Crippen molar-refractivity contribution in [2.45, 2.75) is 26.7 Å². The smallest absolute Gasteiger partial charge is 0.0109 e. The largest absolute Gasteiger partial charge is 0.327 e. The van der Waals surface area contributed by atoms with E-state index in [2.05, 4.69) is 26.5 Å². The number of allylic oxidation sites excluding steroid dienone is 2. The lowest BCUT2D eigenvalue weighted by Gasteiger charge is -2.04. The van der Waals surface area contributed by atoms with Gasteiger partial charge in [-0.2, -0.15) is 0 Å². The Balaban J connectivity index is 3.52. The predicted molar refractivity (Wildman–Crippen MR) is 51.4 cm³/mol. The van der Waals surface area contributed by atoms with Gasteiger partial charge in [0.1, 0.15) is 0 Å². The first-order chi connectivity index (χ1) is 5.20. The Morgan fingerprint density at radius 1 is 1.64 bits per heavy atom. The number of hydrogen-bond acceptors (Lipinski definition) is 1. The Labute approximate surface area is 70.0 Å². The lowest BCUT2D eigenvalue weighted by atomic mass is 10.0. The third kappa shape index (κ3) is 5.86. The average Bonchev–Trinajstić information content (AvgIpc) is 2.01. The quantitative estimate of drug-likeness (QED) is 0.603. The third-order valence-corrected chi connectivity index (χ3v) is 1.86. The summed E-state index contributed by atoms with van der Waals surface area (Å²) in [4.78, 5) is 0. The highest BCUT2D eigenvalue weighted by molar-refractivity contribution is 4.99. The van der Waals surface area contributed by atoms with Gasteiger partial charge in [0.15, 0.2) is 0 Å². The monoisotopic (exact) mass is 153 g/mol. The minimum absolute atomic E-state index is 0.621. The molecule has 1 atom stereocenters. The van der Waals surface area contributed by atoms with Gasteiger partial charge >= 0.3 is 0 Å². The zero-order valence-electron chi connectivity index (χ0n) is 7.64. The summed E-state index contributed by atoms with van der Waals surface area (Å²) < 4.78 is 0. The van der Waals surface area contributed by atoms with E-state index in [-0.39, 0.29) is 0 Å². The van der Waals surface area contributed by atoms with Crippen LogP contribution in [0.4, 0.5) is 0 Å². The Bertz CT molecular complexity index is 136. The minimum Gasteiger partial charge on any atom is -0.327 e. The van der Waals surface area contributed by atoms with Crippen molar-refractivity contribution in [2.24, 2.45) is 11.7 Å². The molecule has 0 aliphatic carbocycles. The van der Waals surface area contributed by atoms with E-state index in [0.717, 1.165) is 6.42 Å². The van der Waals surface area contributed by atoms with Gasteiger partial charge in [0.05, 0.1) is 0 Å². The number of nitrogens with two attached hydrogens (primary N) is 1. The highest BCUT2D eigenvalue weighted by Crippen LogP contribution is 2.11. The average molecular weight is 153 g/mol. The molecule has 0 fully saturated rings. The molecule has 0 bridgehead atoms. The molecular formula is C10H19N. The van der Waals surface area contributed by atoms with Crippen molar-refractivity contribution in [3.63, 3.8) is 0 Å². The van der Waals surface area contributed by atoms with Crippen LogP contribution in [0.2, 0.25) is 0 Å². The van der Waals surface area contributed by atoms with Gasteiger partial charge in [-0.1, -0.05) is 24.6 Å². The lowest BCUT2D eigenvalue weighted by molar-refractivity contribution is 0.645. The standard InChI is InChI=1S/C10H19N/c1-4-9(2)5-6-10(3)7-8-11/h4,7,9H,1,5-6,8,11H2,2-3H3/b10-7+. The molecule has 11 heavy (non-hydrogen) atoms. The Kier molecular flexibility index (Phi) is 5.86. The van der Waals surface area contributed by atoms with Crippen molar-refractivity contribution in [3.05, 3.63) is 24.3 Å². The van der Waals surface area contributed by atoms with Gasteiger partial charge in [-0.25, -0.2) is 0 Å². The van der Waals surface area contributed by atoms with E-state index in [1.54, 1.807) is 0 Å². The van der Waals surface area contributed by atoms with Crippen molar-refractivity contribution in [2.75, 3.05) is 6.54 Å². The van der Waals surface area contributed by atoms with Crippen molar-refractivity contribution in [1.82, 2.24) is 0 Å². The van der Waals surface area contributed by atoms with Gasteiger partial charge in [-0.05, 0) is 25.7 Å². The summed E-state index contributed by atoms with van der Waals surface area (Å²) in [6, 6.07) is 0. The van der Waals surface area contributed by atoms with E-state index in [0.29, 0.717) is 12.5 Å². The SMILES string of the molecule is C=CC(C)CC/C(C)=C/CN. The third-order valence-electron chi connectivity index (χ3n) is 1.86. The molecule has 0 rings (SSSR count). The molecule has 0 aliphatic heterocycles. The van der Waals surface area contributed by atoms with E-state index in [1.807, 2.05) is 6.08 Å². The van der Waals surface area contributed by atoms with Crippen molar-refractivity contribution >= 4 is 0 Å². The molecule has 1 unspecified atom stereocenters. The van der Waals surface area contributed by atoms with Crippen LogP contribution in [0.1, 0.15) is 26.7 Å². The van der Waals surface area contributed by atoms with Crippen LogP contribution < -0.4 is 5.73 Å². The molecular weight excluding hydrogens is 134 g/mol. The van der Waals surface area contributed by atoms with Gasteiger partial charge in [0, 0.05) is 6.54 Å². The molecule has 0 aromatic heterocycles. The van der Waals surface area contributed by atoms with Gasteiger partial charge < -0.3 is 5.73 Å². The summed E-state index contributed by atoms with van der Waals surface area (Å²) in [5.74, 6) is 0.621. The molecule has 0 aromatic rings. The first-order valence-corrected chi connectivity index (χ1v) is 4.19. The molecule has 0 saturated heterocycles. The summed E-state index contributed by atoms with van der Waals surface area (Å²) in [7, 11) is 0. The molecule has 1 heteroatoms. The van der Waals surface area contributed by atoms with Crippen molar-refractivity contribution in [3.8, 4) is 0 Å². The van der Waals surface area contributed by atoms with E-state index in [1.165, 1.54) is 12.0 Å².